The third-order valence-electron chi connectivity index (χ3n) is 12.1. The Balaban J connectivity index is 1.43. The Morgan fingerprint density at radius 1 is 1.22 bits per heavy atom. The zero-order valence-electron chi connectivity index (χ0n) is 23.3. The molecule has 1 heterocycles. The van der Waals surface area contributed by atoms with Gasteiger partial charge in [0.1, 0.15) is 6.10 Å². The van der Waals surface area contributed by atoms with E-state index in [1.165, 1.54) is 37.7 Å². The predicted octanol–water partition coefficient (Wildman–Crippen LogP) is 7.20. The van der Waals surface area contributed by atoms with Crippen LogP contribution in [0.25, 0.3) is 0 Å². The number of hydrogen-bond acceptors (Lipinski definition) is 4. The molecule has 9 atom stereocenters. The lowest BCUT2D eigenvalue weighted by Gasteiger charge is -2.59. The molecule has 0 amide bonds. The van der Waals surface area contributed by atoms with Gasteiger partial charge in [0.15, 0.2) is 0 Å². The van der Waals surface area contributed by atoms with Gasteiger partial charge in [-0.05, 0) is 98.7 Å². The molecule has 0 N–H and O–H groups in total. The first-order valence-electron chi connectivity index (χ1n) is 14.3. The summed E-state index contributed by atoms with van der Waals surface area (Å²) in [6.07, 6.45) is 15.4. The molecule has 0 aromatic heterocycles. The Morgan fingerprint density at radius 3 is 2.64 bits per heavy atom. The highest BCUT2D eigenvalue weighted by molar-refractivity contribution is 5.88. The molecule has 0 aromatic rings. The fourth-order valence-electron chi connectivity index (χ4n) is 9.98. The lowest BCUT2D eigenvalue weighted by atomic mass is 9.45. The molecule has 0 radical (unpaired) electrons. The molecular weight excluding hydrogens is 448 g/mol. The average Bonchev–Trinajstić information content (AvgIpc) is 3.42. The molecule has 4 heteroatoms. The number of carbonyl (C=O) groups is 2. The molecule has 4 nitrogen and oxygen atoms in total. The fourth-order valence-corrected chi connectivity index (χ4v) is 9.98. The second-order valence-electron chi connectivity index (χ2n) is 13.4. The largest absolute Gasteiger partial charge is 0.466 e. The summed E-state index contributed by atoms with van der Waals surface area (Å²) in [5.74, 6) is 1.57. The van der Waals surface area contributed by atoms with Crippen LogP contribution in [0.4, 0.5) is 0 Å². The number of rotatable bonds is 7. The molecule has 5 rings (SSSR count). The number of fused-ring (bicyclic) bond motifs is 2. The van der Waals surface area contributed by atoms with Crippen molar-refractivity contribution in [2.24, 2.45) is 45.3 Å². The second-order valence-corrected chi connectivity index (χ2v) is 13.4. The molecule has 0 aromatic carbocycles. The smallest absolute Gasteiger partial charge is 0.333 e. The maximum absolute atomic E-state index is 12.4. The van der Waals surface area contributed by atoms with Crippen molar-refractivity contribution in [1.82, 2.24) is 0 Å². The number of esters is 2. The maximum Gasteiger partial charge on any atom is 0.333 e. The number of hydrogen-bond donors (Lipinski definition) is 0. The minimum atomic E-state index is -0.142. The van der Waals surface area contributed by atoms with E-state index in [0.717, 1.165) is 18.4 Å². The molecule has 5 aliphatic rings. The van der Waals surface area contributed by atoms with Gasteiger partial charge in [-0.1, -0.05) is 51.2 Å². The summed E-state index contributed by atoms with van der Waals surface area (Å²) in [6, 6.07) is 0. The fraction of sp³-hybridized carbons (Fsp3) is 0.750. The van der Waals surface area contributed by atoms with E-state index in [2.05, 4.69) is 52.5 Å². The van der Waals surface area contributed by atoms with Crippen LogP contribution in [0.1, 0.15) is 92.9 Å². The van der Waals surface area contributed by atoms with Crippen LogP contribution in [-0.2, 0) is 19.1 Å². The zero-order valence-corrected chi connectivity index (χ0v) is 23.3. The molecule has 198 valence electrons. The van der Waals surface area contributed by atoms with Crippen molar-refractivity contribution in [2.75, 3.05) is 6.61 Å². The van der Waals surface area contributed by atoms with Crippen LogP contribution in [0.15, 0.2) is 36.0 Å². The topological polar surface area (TPSA) is 52.6 Å². The van der Waals surface area contributed by atoms with Crippen molar-refractivity contribution in [2.45, 2.75) is 99.0 Å². The minimum absolute atomic E-state index is 0.0134. The van der Waals surface area contributed by atoms with Crippen LogP contribution >= 0.6 is 0 Å². The van der Waals surface area contributed by atoms with Crippen molar-refractivity contribution in [3.05, 3.63) is 36.0 Å². The number of ether oxygens (including phenoxy) is 2. The quantitative estimate of drug-likeness (QED) is 0.277. The van der Waals surface area contributed by atoms with Gasteiger partial charge in [0.25, 0.3) is 0 Å². The molecule has 4 aliphatic carbocycles. The van der Waals surface area contributed by atoms with Crippen LogP contribution < -0.4 is 0 Å². The Labute approximate surface area is 218 Å². The molecule has 1 aliphatic heterocycles. The summed E-state index contributed by atoms with van der Waals surface area (Å²) < 4.78 is 11.2. The van der Waals surface area contributed by atoms with Gasteiger partial charge in [-0.2, -0.15) is 0 Å². The summed E-state index contributed by atoms with van der Waals surface area (Å²) in [5.41, 5.74) is 2.79. The summed E-state index contributed by atoms with van der Waals surface area (Å²) in [4.78, 5) is 24.7. The highest BCUT2D eigenvalue weighted by Crippen LogP contribution is 2.86. The van der Waals surface area contributed by atoms with Gasteiger partial charge in [-0.15, -0.1) is 0 Å². The van der Waals surface area contributed by atoms with Gasteiger partial charge in [0.05, 0.1) is 6.61 Å². The molecule has 3 fully saturated rings. The van der Waals surface area contributed by atoms with Crippen molar-refractivity contribution in [3.8, 4) is 0 Å². The Kier molecular flexibility index (Phi) is 6.16. The molecule has 36 heavy (non-hydrogen) atoms. The molecule has 1 spiro atoms. The van der Waals surface area contributed by atoms with E-state index < -0.39 is 0 Å². The monoisotopic (exact) mass is 494 g/mol. The van der Waals surface area contributed by atoms with Crippen LogP contribution in [-0.4, -0.2) is 24.6 Å². The lowest BCUT2D eigenvalue weighted by Crippen LogP contribution is -2.53. The molecule has 0 saturated heterocycles. The van der Waals surface area contributed by atoms with Crippen molar-refractivity contribution in [1.29, 1.82) is 0 Å². The number of carbonyl (C=O) groups excluding carboxylic acids is 2. The van der Waals surface area contributed by atoms with Gasteiger partial charge < -0.3 is 9.47 Å². The zero-order chi connectivity index (χ0) is 26.1. The van der Waals surface area contributed by atoms with Crippen molar-refractivity contribution < 1.29 is 19.1 Å². The minimum Gasteiger partial charge on any atom is -0.466 e. The van der Waals surface area contributed by atoms with Crippen LogP contribution in [0.3, 0.4) is 0 Å². The Morgan fingerprint density at radius 2 is 1.97 bits per heavy atom. The van der Waals surface area contributed by atoms with E-state index in [-0.39, 0.29) is 39.7 Å². The molecule has 0 unspecified atom stereocenters. The third kappa shape index (κ3) is 3.38. The summed E-state index contributed by atoms with van der Waals surface area (Å²) in [6.45, 7) is 18.2. The second kappa shape index (κ2) is 8.60. The van der Waals surface area contributed by atoms with Gasteiger partial charge in [-0.25, -0.2) is 4.79 Å². The van der Waals surface area contributed by atoms with Crippen LogP contribution in [0.5, 0.6) is 0 Å². The Bertz CT molecular complexity index is 1020. The first-order chi connectivity index (χ1) is 17.0. The Hall–Kier alpha value is -1.84. The van der Waals surface area contributed by atoms with Crippen LogP contribution in [0, 0.1) is 45.3 Å². The third-order valence-corrected chi connectivity index (χ3v) is 12.1. The highest BCUT2D eigenvalue weighted by atomic mass is 16.5. The molecule has 0 bridgehead atoms. The first kappa shape index (κ1) is 25.8. The SMILES string of the molecule is C=C(C)[C@@H]1C=C[C@@H]2[C@]3(CC[C@]4(C)[C@@H]([C@H](C)[C@H]5CC=C(C)C(=O)O5)CC[C@@]24C)C[C@]13CCC(=O)OCC. The van der Waals surface area contributed by atoms with E-state index in [0.29, 0.717) is 36.7 Å². The highest BCUT2D eigenvalue weighted by Gasteiger charge is 2.79. The van der Waals surface area contributed by atoms with E-state index in [1.807, 2.05) is 13.8 Å². The maximum atomic E-state index is 12.4. The van der Waals surface area contributed by atoms with E-state index in [1.54, 1.807) is 0 Å². The number of cyclic esters (lactones) is 1. The molecule has 3 saturated carbocycles. The normalized spacial score (nSPS) is 45.5. The van der Waals surface area contributed by atoms with Gasteiger partial charge >= 0.3 is 11.9 Å². The van der Waals surface area contributed by atoms with E-state index in [9.17, 15) is 9.59 Å². The summed E-state index contributed by atoms with van der Waals surface area (Å²) in [7, 11) is 0. The van der Waals surface area contributed by atoms with E-state index >= 15 is 0 Å². The number of allylic oxidation sites excluding steroid dienone is 3. The van der Waals surface area contributed by atoms with Gasteiger partial charge in [0.2, 0.25) is 0 Å². The average molecular weight is 495 g/mol. The summed E-state index contributed by atoms with van der Waals surface area (Å²) >= 11 is 0. The lowest BCUT2D eigenvalue weighted by molar-refractivity contribution is -0.152. The summed E-state index contributed by atoms with van der Waals surface area (Å²) in [5, 5.41) is 0. The van der Waals surface area contributed by atoms with E-state index in [4.69, 9.17) is 9.47 Å². The van der Waals surface area contributed by atoms with Crippen molar-refractivity contribution >= 4 is 11.9 Å². The standard InChI is InChI=1S/C32H46O4/c1-8-35-27(33)14-16-31-19-32(31)18-17-29(6)24(22(5)25-11-9-21(4)28(34)36-25)13-15-30(29,7)26(32)12-10-23(31)20(2)3/h9-10,12,22-26H,2,8,11,13-19H2,1,3-7H3/t22-,23-,24+,25+,26-,29+,30-,31+,32-/m0/s1. The van der Waals surface area contributed by atoms with Crippen molar-refractivity contribution in [3.63, 3.8) is 0 Å². The van der Waals surface area contributed by atoms with Gasteiger partial charge in [-0.3, -0.25) is 4.79 Å². The predicted molar refractivity (Wildman–Crippen MR) is 142 cm³/mol. The van der Waals surface area contributed by atoms with Gasteiger partial charge in [0, 0.05) is 24.3 Å². The molecular formula is C32H46O4. The van der Waals surface area contributed by atoms with Crippen LogP contribution in [0.2, 0.25) is 0 Å². The first-order valence-corrected chi connectivity index (χ1v) is 14.3.